The Morgan fingerprint density at radius 1 is 1.42 bits per heavy atom. The number of hydrogen-bond acceptors (Lipinski definition) is 4. The van der Waals surface area contributed by atoms with Crippen LogP contribution in [0.3, 0.4) is 0 Å². The van der Waals surface area contributed by atoms with Gasteiger partial charge in [-0.1, -0.05) is 0 Å². The minimum atomic E-state index is -0.0965. The third kappa shape index (κ3) is 3.39. The highest BCUT2D eigenvalue weighted by Crippen LogP contribution is 2.20. The summed E-state index contributed by atoms with van der Waals surface area (Å²) in [5.74, 6) is -0.0965. The molecule has 0 atom stereocenters. The first-order valence-electron chi connectivity index (χ1n) is 6.09. The lowest BCUT2D eigenvalue weighted by atomic mass is 10.2. The lowest BCUT2D eigenvalue weighted by Crippen LogP contribution is -2.22. The predicted octanol–water partition coefficient (Wildman–Crippen LogP) is 2.15. The second-order valence-corrected chi connectivity index (χ2v) is 5.72. The maximum Gasteiger partial charge on any atom is 0.251 e. The van der Waals surface area contributed by atoms with Gasteiger partial charge in [-0.05, 0) is 37.6 Å². The molecule has 2 heterocycles. The van der Waals surface area contributed by atoms with E-state index in [1.165, 1.54) is 10.4 Å². The van der Waals surface area contributed by atoms with Gasteiger partial charge in [-0.15, -0.1) is 11.3 Å². The predicted molar refractivity (Wildman–Crippen MR) is 77.1 cm³/mol. The van der Waals surface area contributed by atoms with Gasteiger partial charge in [-0.3, -0.25) is 9.78 Å². The molecule has 0 aliphatic heterocycles. The molecule has 0 spiro atoms. The van der Waals surface area contributed by atoms with Crippen molar-refractivity contribution >= 4 is 17.2 Å². The Labute approximate surface area is 116 Å². The lowest BCUT2D eigenvalue weighted by molar-refractivity contribution is 0.0951. The topological polar surface area (TPSA) is 68.0 Å². The van der Waals surface area contributed by atoms with Crippen LogP contribution in [-0.4, -0.2) is 10.9 Å². The van der Waals surface area contributed by atoms with Crippen LogP contribution < -0.4 is 11.1 Å². The van der Waals surface area contributed by atoms with Crippen molar-refractivity contribution in [3.63, 3.8) is 0 Å². The zero-order valence-corrected chi connectivity index (χ0v) is 11.9. The van der Waals surface area contributed by atoms with Crippen LogP contribution in [0.15, 0.2) is 24.4 Å². The number of thiophene rings is 1. The van der Waals surface area contributed by atoms with E-state index in [1.54, 1.807) is 29.7 Å². The molecule has 1 amide bonds. The fourth-order valence-corrected chi connectivity index (χ4v) is 2.73. The van der Waals surface area contributed by atoms with E-state index >= 15 is 0 Å². The standard InChI is InChI=1S/C14H17N3OS/c1-9-5-13(19-10(9)2)8-17-14(18)11-3-4-16-12(6-11)7-15/h3-6H,7-8,15H2,1-2H3,(H,17,18). The first kappa shape index (κ1) is 13.7. The smallest absolute Gasteiger partial charge is 0.251 e. The van der Waals surface area contributed by atoms with Crippen LogP contribution in [0, 0.1) is 13.8 Å². The third-order valence-corrected chi connectivity index (χ3v) is 4.08. The average molecular weight is 275 g/mol. The molecule has 3 N–H and O–H groups in total. The Kier molecular flexibility index (Phi) is 4.29. The van der Waals surface area contributed by atoms with Crippen molar-refractivity contribution in [2.45, 2.75) is 26.9 Å². The van der Waals surface area contributed by atoms with Crippen molar-refractivity contribution in [1.82, 2.24) is 10.3 Å². The summed E-state index contributed by atoms with van der Waals surface area (Å²) >= 11 is 1.71. The van der Waals surface area contributed by atoms with Crippen LogP contribution in [0.2, 0.25) is 0 Å². The van der Waals surface area contributed by atoms with Crippen LogP contribution in [0.1, 0.15) is 31.4 Å². The number of aryl methyl sites for hydroxylation is 2. The molecule has 2 rings (SSSR count). The molecular formula is C14H17N3OS. The zero-order chi connectivity index (χ0) is 13.8. The SMILES string of the molecule is Cc1cc(CNC(=O)c2ccnc(CN)c2)sc1C. The third-order valence-electron chi connectivity index (χ3n) is 2.93. The van der Waals surface area contributed by atoms with Gasteiger partial charge in [0.05, 0.1) is 12.2 Å². The van der Waals surface area contributed by atoms with Crippen molar-refractivity contribution in [1.29, 1.82) is 0 Å². The molecule has 5 heteroatoms. The molecule has 0 aliphatic rings. The Balaban J connectivity index is 2.00. The summed E-state index contributed by atoms with van der Waals surface area (Å²) in [5, 5.41) is 2.91. The Morgan fingerprint density at radius 2 is 2.21 bits per heavy atom. The van der Waals surface area contributed by atoms with E-state index in [9.17, 15) is 4.79 Å². The van der Waals surface area contributed by atoms with Gasteiger partial charge < -0.3 is 11.1 Å². The van der Waals surface area contributed by atoms with E-state index in [2.05, 4.69) is 30.2 Å². The lowest BCUT2D eigenvalue weighted by Gasteiger charge is -2.04. The molecule has 19 heavy (non-hydrogen) atoms. The molecule has 0 radical (unpaired) electrons. The monoisotopic (exact) mass is 275 g/mol. The van der Waals surface area contributed by atoms with Crippen molar-refractivity contribution in [2.75, 3.05) is 0 Å². The van der Waals surface area contributed by atoms with E-state index in [4.69, 9.17) is 5.73 Å². The van der Waals surface area contributed by atoms with Gasteiger partial charge in [0, 0.05) is 28.1 Å². The van der Waals surface area contributed by atoms with E-state index in [0.717, 1.165) is 10.6 Å². The second kappa shape index (κ2) is 5.95. The minimum Gasteiger partial charge on any atom is -0.347 e. The molecule has 0 bridgehead atoms. The van der Waals surface area contributed by atoms with Gasteiger partial charge in [0.2, 0.25) is 0 Å². The Morgan fingerprint density at radius 3 is 2.84 bits per heavy atom. The van der Waals surface area contributed by atoms with E-state index < -0.39 is 0 Å². The molecule has 0 fully saturated rings. The normalized spacial score (nSPS) is 10.5. The Bertz CT molecular complexity index is 573. The maximum absolute atomic E-state index is 12.0. The molecule has 0 aliphatic carbocycles. The number of carbonyl (C=O) groups excluding carboxylic acids is 1. The number of carbonyl (C=O) groups is 1. The summed E-state index contributed by atoms with van der Waals surface area (Å²) in [6.45, 7) is 5.05. The maximum atomic E-state index is 12.0. The second-order valence-electron chi connectivity index (χ2n) is 4.37. The number of rotatable bonds is 4. The highest BCUT2D eigenvalue weighted by Gasteiger charge is 2.08. The number of pyridine rings is 1. The molecule has 0 aromatic carbocycles. The molecule has 0 unspecified atom stereocenters. The average Bonchev–Trinajstić information content (AvgIpc) is 2.75. The van der Waals surface area contributed by atoms with E-state index in [1.807, 2.05) is 0 Å². The minimum absolute atomic E-state index is 0.0965. The highest BCUT2D eigenvalue weighted by atomic mass is 32.1. The number of nitrogens with zero attached hydrogens (tertiary/aromatic N) is 1. The quantitative estimate of drug-likeness (QED) is 0.898. The summed E-state index contributed by atoms with van der Waals surface area (Å²) in [6, 6.07) is 5.53. The van der Waals surface area contributed by atoms with Gasteiger partial charge in [-0.2, -0.15) is 0 Å². The van der Waals surface area contributed by atoms with Gasteiger partial charge in [0.25, 0.3) is 5.91 Å². The fraction of sp³-hybridized carbons (Fsp3) is 0.286. The molecule has 100 valence electrons. The molecule has 2 aromatic heterocycles. The Hall–Kier alpha value is -1.72. The first-order chi connectivity index (χ1) is 9.10. The van der Waals surface area contributed by atoms with Gasteiger partial charge >= 0.3 is 0 Å². The number of nitrogens with two attached hydrogens (primary N) is 1. The molecule has 4 nitrogen and oxygen atoms in total. The number of hydrogen-bond donors (Lipinski definition) is 2. The van der Waals surface area contributed by atoms with Gasteiger partial charge in [0.15, 0.2) is 0 Å². The van der Waals surface area contributed by atoms with Crippen LogP contribution in [0.25, 0.3) is 0 Å². The number of amides is 1. The first-order valence-corrected chi connectivity index (χ1v) is 6.91. The molecular weight excluding hydrogens is 258 g/mol. The van der Waals surface area contributed by atoms with Crippen LogP contribution in [0.4, 0.5) is 0 Å². The van der Waals surface area contributed by atoms with E-state index in [0.29, 0.717) is 18.7 Å². The van der Waals surface area contributed by atoms with Gasteiger partial charge in [-0.25, -0.2) is 0 Å². The summed E-state index contributed by atoms with van der Waals surface area (Å²) in [4.78, 5) is 18.5. The summed E-state index contributed by atoms with van der Waals surface area (Å²) in [5.41, 5.74) is 8.09. The zero-order valence-electron chi connectivity index (χ0n) is 11.1. The molecule has 0 saturated carbocycles. The summed E-state index contributed by atoms with van der Waals surface area (Å²) in [7, 11) is 0. The van der Waals surface area contributed by atoms with Crippen molar-refractivity contribution in [2.24, 2.45) is 5.73 Å². The van der Waals surface area contributed by atoms with Crippen LogP contribution in [0.5, 0.6) is 0 Å². The summed E-state index contributed by atoms with van der Waals surface area (Å²) in [6.07, 6.45) is 1.61. The number of nitrogens with one attached hydrogen (secondary N) is 1. The fourth-order valence-electron chi connectivity index (χ4n) is 1.74. The highest BCUT2D eigenvalue weighted by molar-refractivity contribution is 7.12. The molecule has 0 saturated heterocycles. The van der Waals surface area contributed by atoms with E-state index in [-0.39, 0.29) is 5.91 Å². The van der Waals surface area contributed by atoms with Crippen molar-refractivity contribution in [3.8, 4) is 0 Å². The van der Waals surface area contributed by atoms with Gasteiger partial charge in [0.1, 0.15) is 0 Å². The molecule has 2 aromatic rings. The van der Waals surface area contributed by atoms with Crippen LogP contribution in [-0.2, 0) is 13.1 Å². The largest absolute Gasteiger partial charge is 0.347 e. The van der Waals surface area contributed by atoms with Crippen molar-refractivity contribution in [3.05, 3.63) is 51.0 Å². The summed E-state index contributed by atoms with van der Waals surface area (Å²) < 4.78 is 0. The van der Waals surface area contributed by atoms with Crippen molar-refractivity contribution < 1.29 is 4.79 Å². The van der Waals surface area contributed by atoms with Crippen LogP contribution >= 0.6 is 11.3 Å². The number of aromatic nitrogens is 1.